The molecule has 0 aliphatic carbocycles. The molecule has 0 saturated carbocycles. The van der Waals surface area contributed by atoms with Gasteiger partial charge in [0, 0.05) is 6.07 Å². The fourth-order valence-electron chi connectivity index (χ4n) is 4.58. The van der Waals surface area contributed by atoms with E-state index in [-0.39, 0.29) is 22.0 Å². The summed E-state index contributed by atoms with van der Waals surface area (Å²) in [6.45, 7) is -1.74. The highest BCUT2D eigenvalue weighted by Gasteiger charge is 2.50. The first-order valence-corrected chi connectivity index (χ1v) is 16.0. The number of pyridine rings is 1. The Balaban J connectivity index is 1.16. The zero-order valence-corrected chi connectivity index (χ0v) is 24.8. The van der Waals surface area contributed by atoms with Crippen LogP contribution >= 0.6 is 27.9 Å². The number of aliphatic hydroxyl groups is 4. The smallest absolute Gasteiger partial charge is 0.389 e. The van der Waals surface area contributed by atoms with Crippen LogP contribution in [-0.2, 0) is 32.0 Å². The van der Waals surface area contributed by atoms with Crippen LogP contribution in [0.5, 0.6) is 0 Å². The van der Waals surface area contributed by atoms with E-state index >= 15 is 0 Å². The van der Waals surface area contributed by atoms with Crippen LogP contribution in [0.15, 0.2) is 37.2 Å². The number of anilines is 1. The fourth-order valence-corrected chi connectivity index (χ4v) is 6.79. The summed E-state index contributed by atoms with van der Waals surface area (Å²) < 4.78 is 52.4. The summed E-state index contributed by atoms with van der Waals surface area (Å²) in [5.41, 5.74) is 12.2. The van der Waals surface area contributed by atoms with Crippen molar-refractivity contribution in [1.82, 2.24) is 19.5 Å². The number of aromatic nitrogens is 5. The fraction of sp³-hybridized carbons (Fsp3) is 0.476. The van der Waals surface area contributed by atoms with Crippen molar-refractivity contribution in [1.29, 1.82) is 0 Å². The first-order valence-electron chi connectivity index (χ1n) is 12.6. The largest absolute Gasteiger partial charge is 0.481 e. The summed E-state index contributed by atoms with van der Waals surface area (Å²) in [5, 5.41) is 41.7. The van der Waals surface area contributed by atoms with Crippen LogP contribution in [0.1, 0.15) is 18.0 Å². The van der Waals surface area contributed by atoms with Gasteiger partial charge in [0.25, 0.3) is 6.23 Å². The Morgan fingerprint density at radius 3 is 2.30 bits per heavy atom. The summed E-state index contributed by atoms with van der Waals surface area (Å²) in [5.74, 6) is 0.0574. The Labute approximate surface area is 252 Å². The quantitative estimate of drug-likeness (QED) is 0.0590. The standard InChI is InChI=1S/C21H27N7O13P2S/c22-17-12-19(25-7-24-17)28(8-26-12)21-16(32)14(30)11(40-21)6-38-43(35,36)41-42(33,34)37-5-10-13(29)15(31)20(39-10)27-3-1-2-9(4-27)18(23)44/h1-4,7-8,10-11,13-16,20-21,29-32H,5-6H2,(H5-,22,23,24,25,33,34,35,36,44)/p+1/t10-,11-,13-,14-,15+,16+,20+,21+/m0/s1. The van der Waals surface area contributed by atoms with Crippen LogP contribution in [-0.4, -0.2) is 105 Å². The Kier molecular flexibility index (Phi) is 9.44. The maximum Gasteiger partial charge on any atom is 0.481 e. The molecule has 2 aliphatic rings. The lowest BCUT2D eigenvalue weighted by Crippen LogP contribution is -2.46. The zero-order chi connectivity index (χ0) is 32.0. The van der Waals surface area contributed by atoms with Gasteiger partial charge in [-0.25, -0.2) is 24.1 Å². The predicted molar refractivity (Wildman–Crippen MR) is 147 cm³/mol. The van der Waals surface area contributed by atoms with Crippen LogP contribution in [0.2, 0.25) is 0 Å². The minimum Gasteiger partial charge on any atom is -0.389 e. The molecule has 10 N–H and O–H groups in total. The van der Waals surface area contributed by atoms with Gasteiger partial charge in [-0.05, 0) is 6.07 Å². The van der Waals surface area contributed by atoms with E-state index in [4.69, 9.17) is 42.2 Å². The van der Waals surface area contributed by atoms with E-state index in [1.54, 1.807) is 12.1 Å². The molecule has 0 bridgehead atoms. The van der Waals surface area contributed by atoms with Gasteiger partial charge in [0.05, 0.1) is 25.1 Å². The highest BCUT2D eigenvalue weighted by atomic mass is 32.1. The van der Waals surface area contributed by atoms with E-state index in [2.05, 4.69) is 19.3 Å². The van der Waals surface area contributed by atoms with Gasteiger partial charge in [0.15, 0.2) is 36.2 Å². The first-order chi connectivity index (χ1) is 20.7. The number of phosphoric ester groups is 2. The molecule has 240 valence electrons. The monoisotopic (exact) mass is 680 g/mol. The molecule has 20 nitrogen and oxygen atoms in total. The maximum absolute atomic E-state index is 12.4. The molecule has 5 rings (SSSR count). The molecule has 10 atom stereocenters. The average molecular weight is 681 g/mol. The van der Waals surface area contributed by atoms with E-state index < -0.39 is 77.9 Å². The number of ether oxygens (including phenoxy) is 2. The number of hydrogen-bond acceptors (Lipinski definition) is 16. The van der Waals surface area contributed by atoms with E-state index in [0.29, 0.717) is 5.56 Å². The highest BCUT2D eigenvalue weighted by Crippen LogP contribution is 2.60. The molecule has 0 spiro atoms. The molecule has 3 aromatic rings. The molecule has 2 unspecified atom stereocenters. The Bertz CT molecular complexity index is 1630. The second-order valence-corrected chi connectivity index (χ2v) is 13.2. The summed E-state index contributed by atoms with van der Waals surface area (Å²) in [7, 11) is -10.7. The molecule has 2 aliphatic heterocycles. The number of rotatable bonds is 11. The number of phosphoric acid groups is 2. The number of nitrogens with zero attached hydrogens (tertiary/aromatic N) is 5. The molecule has 3 aromatic heterocycles. The third-order valence-corrected chi connectivity index (χ3v) is 9.58. The first kappa shape index (κ1) is 32.8. The van der Waals surface area contributed by atoms with Gasteiger partial charge >= 0.3 is 15.6 Å². The minimum absolute atomic E-state index is 0.0574. The van der Waals surface area contributed by atoms with Crippen LogP contribution in [0, 0.1) is 0 Å². The summed E-state index contributed by atoms with van der Waals surface area (Å²) in [6, 6.07) is 3.18. The summed E-state index contributed by atoms with van der Waals surface area (Å²) >= 11 is 4.92. The van der Waals surface area contributed by atoms with Gasteiger partial charge in [-0.3, -0.25) is 13.6 Å². The topological polar surface area (TPSA) is 301 Å². The van der Waals surface area contributed by atoms with E-state index in [1.165, 1.54) is 27.9 Å². The lowest BCUT2D eigenvalue weighted by molar-refractivity contribution is -0.765. The molecule has 0 amide bonds. The van der Waals surface area contributed by atoms with Crippen LogP contribution in [0.3, 0.4) is 0 Å². The van der Waals surface area contributed by atoms with Gasteiger partial charge in [-0.2, -0.15) is 8.88 Å². The number of aliphatic hydroxyl groups excluding tert-OH is 4. The van der Waals surface area contributed by atoms with Crippen molar-refractivity contribution < 1.29 is 66.7 Å². The van der Waals surface area contributed by atoms with E-state index in [0.717, 1.165) is 6.33 Å². The Morgan fingerprint density at radius 2 is 1.64 bits per heavy atom. The van der Waals surface area contributed by atoms with Crippen molar-refractivity contribution in [3.05, 3.63) is 42.7 Å². The highest BCUT2D eigenvalue weighted by molar-refractivity contribution is 7.80. The Morgan fingerprint density at radius 1 is 1.00 bits per heavy atom. The minimum atomic E-state index is -5.35. The maximum atomic E-state index is 12.4. The number of imidazole rings is 1. The molecular formula is C21H28N7O13P2S+. The summed E-state index contributed by atoms with van der Waals surface area (Å²) in [6.07, 6.45) is -6.22. The average Bonchev–Trinajstić information content (AvgIpc) is 3.61. The molecule has 0 aromatic carbocycles. The molecule has 0 radical (unpaired) electrons. The molecule has 2 saturated heterocycles. The number of nitrogen functional groups attached to an aromatic ring is 1. The normalized spacial score (nSPS) is 31.6. The molecule has 5 heterocycles. The van der Waals surface area contributed by atoms with Crippen LogP contribution < -0.4 is 16.0 Å². The van der Waals surface area contributed by atoms with Crippen molar-refractivity contribution in [2.24, 2.45) is 5.73 Å². The zero-order valence-electron chi connectivity index (χ0n) is 22.2. The molecule has 44 heavy (non-hydrogen) atoms. The lowest BCUT2D eigenvalue weighted by Gasteiger charge is -2.20. The second kappa shape index (κ2) is 12.7. The summed E-state index contributed by atoms with van der Waals surface area (Å²) in [4.78, 5) is 32.0. The van der Waals surface area contributed by atoms with Crippen molar-refractivity contribution in [2.45, 2.75) is 49.1 Å². The third kappa shape index (κ3) is 6.81. The van der Waals surface area contributed by atoms with Crippen LogP contribution in [0.4, 0.5) is 5.82 Å². The number of thiocarbonyl (C=S) groups is 1. The van der Waals surface area contributed by atoms with Crippen molar-refractivity contribution in [3.63, 3.8) is 0 Å². The van der Waals surface area contributed by atoms with Gasteiger partial charge in [-0.1, -0.05) is 12.2 Å². The van der Waals surface area contributed by atoms with Gasteiger partial charge in [-0.15, -0.1) is 0 Å². The Hall–Kier alpha value is -2.59. The predicted octanol–water partition coefficient (Wildman–Crippen LogP) is -2.48. The number of fused-ring (bicyclic) bond motifs is 1. The number of nitrogens with two attached hydrogens (primary N) is 2. The van der Waals surface area contributed by atoms with Crippen molar-refractivity contribution in [3.8, 4) is 0 Å². The lowest BCUT2D eigenvalue weighted by atomic mass is 10.1. The molecular weight excluding hydrogens is 652 g/mol. The van der Waals surface area contributed by atoms with Gasteiger partial charge in [0.1, 0.15) is 47.4 Å². The van der Waals surface area contributed by atoms with E-state index in [9.17, 15) is 39.3 Å². The third-order valence-electron chi connectivity index (χ3n) is 6.75. The second-order valence-electron chi connectivity index (χ2n) is 9.69. The van der Waals surface area contributed by atoms with Gasteiger partial charge < -0.3 is 51.2 Å². The van der Waals surface area contributed by atoms with Crippen molar-refractivity contribution in [2.75, 3.05) is 18.9 Å². The van der Waals surface area contributed by atoms with E-state index in [1.807, 2.05) is 0 Å². The SMILES string of the molecule is NC(=S)c1ccc[n+]([C@@H]2O[C@@H](COP(=O)(O)OP(=O)(O)OC[C@@H]3O[C@@H](n4cnc5c(N)ncnc54)[C@H](O)[C@H]3O)[C@H](O)[C@H]2O)c1. The molecule has 2 fully saturated rings. The molecule has 23 heteroatoms. The van der Waals surface area contributed by atoms with Crippen molar-refractivity contribution >= 4 is 49.8 Å². The number of hydrogen-bond donors (Lipinski definition) is 8. The van der Waals surface area contributed by atoms with Crippen LogP contribution in [0.25, 0.3) is 11.2 Å². The van der Waals surface area contributed by atoms with Gasteiger partial charge in [0.2, 0.25) is 0 Å².